The smallest absolute Gasteiger partial charge is 0.254 e. The Morgan fingerprint density at radius 1 is 1.53 bits per heavy atom. The minimum atomic E-state index is -0.758. The van der Waals surface area contributed by atoms with Crippen molar-refractivity contribution in [2.75, 3.05) is 20.2 Å². The van der Waals surface area contributed by atoms with E-state index >= 15 is 0 Å². The van der Waals surface area contributed by atoms with E-state index in [1.54, 1.807) is 18.9 Å². The van der Waals surface area contributed by atoms with E-state index in [1.165, 1.54) is 0 Å². The first kappa shape index (κ1) is 13.9. The molecule has 0 aliphatic carbocycles. The molecule has 0 heterocycles. The molecule has 1 unspecified atom stereocenters. The van der Waals surface area contributed by atoms with Crippen molar-refractivity contribution in [3.05, 3.63) is 0 Å². The minimum absolute atomic E-state index is 0.0368. The van der Waals surface area contributed by atoms with Crippen molar-refractivity contribution in [1.82, 2.24) is 4.90 Å². The fraction of sp³-hybridized carbons (Fsp3) is 0.818. The number of hydrogen-bond acceptors (Lipinski definition) is 3. The van der Waals surface area contributed by atoms with Gasteiger partial charge in [-0.15, -0.1) is 0 Å². The molecule has 1 atom stereocenters. The molecule has 0 aromatic rings. The highest BCUT2D eigenvalue weighted by atomic mass is 16.5. The number of likely N-dealkylation sites (N-methyl/N-ethyl adjacent to an activating group) is 1. The van der Waals surface area contributed by atoms with E-state index in [0.717, 1.165) is 0 Å². The molecule has 0 saturated heterocycles. The fourth-order valence-corrected chi connectivity index (χ4v) is 1.31. The van der Waals surface area contributed by atoms with Crippen molar-refractivity contribution in [2.45, 2.75) is 39.2 Å². The highest BCUT2D eigenvalue weighted by molar-refractivity contribution is 5.84. The molecule has 0 saturated carbocycles. The lowest BCUT2D eigenvalue weighted by Gasteiger charge is -2.31. The lowest BCUT2D eigenvalue weighted by atomic mass is 10.0. The third kappa shape index (κ3) is 3.52. The third-order valence-electron chi connectivity index (χ3n) is 2.74. The van der Waals surface area contributed by atoms with E-state index in [1.807, 2.05) is 19.9 Å². The van der Waals surface area contributed by atoms with E-state index in [2.05, 4.69) is 0 Å². The van der Waals surface area contributed by atoms with Crippen molar-refractivity contribution in [2.24, 2.45) is 0 Å². The first-order valence-electron chi connectivity index (χ1n) is 5.27. The first-order valence-corrected chi connectivity index (χ1v) is 5.27. The van der Waals surface area contributed by atoms with E-state index in [9.17, 15) is 4.79 Å². The zero-order valence-electron chi connectivity index (χ0n) is 10.0. The number of amides is 1. The normalized spacial score (nSPS) is 14.1. The standard InChI is InChI=1S/C11H20N2O2/c1-5-11(3,15-4)10(14)13(6-2)9-7-8-12/h5-7,9H2,1-4H3. The van der Waals surface area contributed by atoms with Gasteiger partial charge in [-0.25, -0.2) is 0 Å². The van der Waals surface area contributed by atoms with Crippen LogP contribution in [0.2, 0.25) is 0 Å². The van der Waals surface area contributed by atoms with Gasteiger partial charge in [0.25, 0.3) is 5.91 Å². The Morgan fingerprint density at radius 2 is 2.13 bits per heavy atom. The van der Waals surface area contributed by atoms with Crippen molar-refractivity contribution < 1.29 is 9.53 Å². The topological polar surface area (TPSA) is 53.3 Å². The lowest BCUT2D eigenvalue weighted by Crippen LogP contribution is -2.48. The molecule has 4 heteroatoms. The van der Waals surface area contributed by atoms with Gasteiger partial charge in [0.15, 0.2) is 0 Å². The number of methoxy groups -OCH3 is 1. The summed E-state index contributed by atoms with van der Waals surface area (Å²) in [5, 5.41) is 8.49. The number of carbonyl (C=O) groups excluding carboxylic acids is 1. The zero-order chi connectivity index (χ0) is 11.9. The maximum atomic E-state index is 12.1. The van der Waals surface area contributed by atoms with Gasteiger partial charge in [-0.3, -0.25) is 4.79 Å². The number of ether oxygens (including phenoxy) is 1. The van der Waals surface area contributed by atoms with E-state index in [-0.39, 0.29) is 5.91 Å². The van der Waals surface area contributed by atoms with Gasteiger partial charge in [-0.1, -0.05) is 6.92 Å². The van der Waals surface area contributed by atoms with Gasteiger partial charge < -0.3 is 9.64 Å². The van der Waals surface area contributed by atoms with Crippen LogP contribution in [0.3, 0.4) is 0 Å². The summed E-state index contributed by atoms with van der Waals surface area (Å²) in [5.74, 6) is -0.0368. The van der Waals surface area contributed by atoms with Gasteiger partial charge >= 0.3 is 0 Å². The second-order valence-electron chi connectivity index (χ2n) is 3.58. The molecule has 0 N–H and O–H groups in total. The Labute approximate surface area is 91.8 Å². The van der Waals surface area contributed by atoms with Crippen LogP contribution < -0.4 is 0 Å². The quantitative estimate of drug-likeness (QED) is 0.671. The summed E-state index contributed by atoms with van der Waals surface area (Å²) < 4.78 is 5.24. The van der Waals surface area contributed by atoms with Gasteiger partial charge in [0.05, 0.1) is 12.5 Å². The fourth-order valence-electron chi connectivity index (χ4n) is 1.31. The Kier molecular flexibility index (Phi) is 5.95. The van der Waals surface area contributed by atoms with Gasteiger partial charge in [0, 0.05) is 20.2 Å². The van der Waals surface area contributed by atoms with Crippen LogP contribution in [-0.4, -0.2) is 36.6 Å². The molecule has 0 fully saturated rings. The second-order valence-corrected chi connectivity index (χ2v) is 3.58. The molecule has 0 rings (SSSR count). The summed E-state index contributed by atoms with van der Waals surface area (Å²) in [6.45, 7) is 6.69. The highest BCUT2D eigenvalue weighted by Crippen LogP contribution is 2.17. The van der Waals surface area contributed by atoms with Crippen LogP contribution in [0, 0.1) is 11.3 Å². The summed E-state index contributed by atoms with van der Waals surface area (Å²) in [5.41, 5.74) is -0.758. The zero-order valence-corrected chi connectivity index (χ0v) is 10.0. The molecule has 0 aromatic carbocycles. The van der Waals surface area contributed by atoms with Crippen molar-refractivity contribution >= 4 is 5.91 Å². The lowest BCUT2D eigenvalue weighted by molar-refractivity contribution is -0.153. The maximum absolute atomic E-state index is 12.1. The predicted molar refractivity (Wildman–Crippen MR) is 58.2 cm³/mol. The van der Waals surface area contributed by atoms with E-state index in [0.29, 0.717) is 25.9 Å². The van der Waals surface area contributed by atoms with Gasteiger partial charge in [-0.05, 0) is 20.3 Å². The summed E-state index contributed by atoms with van der Waals surface area (Å²) >= 11 is 0. The van der Waals surface area contributed by atoms with Crippen molar-refractivity contribution in [3.63, 3.8) is 0 Å². The second kappa shape index (κ2) is 6.41. The number of rotatable bonds is 6. The van der Waals surface area contributed by atoms with E-state index in [4.69, 9.17) is 10.00 Å². The third-order valence-corrected chi connectivity index (χ3v) is 2.74. The highest BCUT2D eigenvalue weighted by Gasteiger charge is 2.34. The molecule has 0 bridgehead atoms. The van der Waals surface area contributed by atoms with Crippen LogP contribution in [0.1, 0.15) is 33.6 Å². The number of nitrogens with zero attached hydrogens (tertiary/aromatic N) is 2. The number of hydrogen-bond donors (Lipinski definition) is 0. The van der Waals surface area contributed by atoms with Gasteiger partial charge in [0.1, 0.15) is 5.60 Å². The van der Waals surface area contributed by atoms with Crippen LogP contribution in [0.25, 0.3) is 0 Å². The van der Waals surface area contributed by atoms with Crippen LogP contribution in [0.15, 0.2) is 0 Å². The maximum Gasteiger partial charge on any atom is 0.254 e. The average Bonchev–Trinajstić information content (AvgIpc) is 2.28. The molecule has 86 valence electrons. The first-order chi connectivity index (χ1) is 7.05. The average molecular weight is 212 g/mol. The van der Waals surface area contributed by atoms with Crippen LogP contribution in [-0.2, 0) is 9.53 Å². The Morgan fingerprint density at radius 3 is 2.47 bits per heavy atom. The molecule has 15 heavy (non-hydrogen) atoms. The summed E-state index contributed by atoms with van der Waals surface area (Å²) in [6.07, 6.45) is 0.995. The Bertz CT molecular complexity index is 241. The molecule has 0 spiro atoms. The molecule has 1 amide bonds. The molecule has 0 radical (unpaired) electrons. The molecule has 4 nitrogen and oxygen atoms in total. The molecule has 0 aliphatic rings. The van der Waals surface area contributed by atoms with Crippen LogP contribution >= 0.6 is 0 Å². The molecule has 0 aromatic heterocycles. The predicted octanol–water partition coefficient (Wildman–Crippen LogP) is 1.56. The monoisotopic (exact) mass is 212 g/mol. The van der Waals surface area contributed by atoms with E-state index < -0.39 is 5.60 Å². The summed E-state index contributed by atoms with van der Waals surface area (Å²) in [6, 6.07) is 2.04. The summed E-state index contributed by atoms with van der Waals surface area (Å²) in [7, 11) is 1.54. The number of nitriles is 1. The molecular formula is C11H20N2O2. The largest absolute Gasteiger partial charge is 0.369 e. The molecule has 0 aliphatic heterocycles. The minimum Gasteiger partial charge on any atom is -0.369 e. The Hall–Kier alpha value is -1.08. The number of carbonyl (C=O) groups is 1. The van der Waals surface area contributed by atoms with Crippen molar-refractivity contribution in [1.29, 1.82) is 5.26 Å². The Balaban J connectivity index is 4.56. The molecular weight excluding hydrogens is 192 g/mol. The van der Waals surface area contributed by atoms with Gasteiger partial charge in [-0.2, -0.15) is 5.26 Å². The van der Waals surface area contributed by atoms with Crippen LogP contribution in [0.4, 0.5) is 0 Å². The summed E-state index contributed by atoms with van der Waals surface area (Å²) in [4.78, 5) is 13.7. The van der Waals surface area contributed by atoms with Crippen LogP contribution in [0.5, 0.6) is 0 Å². The SMILES string of the molecule is CCN(CCC#N)C(=O)C(C)(CC)OC. The van der Waals surface area contributed by atoms with Gasteiger partial charge in [0.2, 0.25) is 0 Å². The van der Waals surface area contributed by atoms with Crippen molar-refractivity contribution in [3.8, 4) is 6.07 Å².